The maximum Gasteiger partial charge on any atom is 0.194 e. The van der Waals surface area contributed by atoms with Crippen LogP contribution in [0.1, 0.15) is 26.3 Å². The first kappa shape index (κ1) is 9.78. The molecule has 1 heterocycles. The van der Waals surface area contributed by atoms with Crippen molar-refractivity contribution in [1.82, 2.24) is 0 Å². The monoisotopic (exact) mass is 224 g/mol. The average molecular weight is 224 g/mol. The van der Waals surface area contributed by atoms with E-state index in [2.05, 4.69) is 0 Å². The number of carbonyl (C=O) groups is 2. The number of carbonyl (C=O) groups excluding carboxylic acids is 2. The van der Waals surface area contributed by atoms with Gasteiger partial charge < -0.3 is 4.42 Å². The van der Waals surface area contributed by atoms with Gasteiger partial charge >= 0.3 is 0 Å². The number of fused-ring (bicyclic) bond motifs is 1. The van der Waals surface area contributed by atoms with Gasteiger partial charge in [-0.15, -0.1) is 0 Å². The number of allylic oxidation sites excluding steroid dienone is 2. The summed E-state index contributed by atoms with van der Waals surface area (Å²) in [6, 6.07) is 8.51. The minimum atomic E-state index is -0.142. The first-order valence-electron chi connectivity index (χ1n) is 5.20. The fraction of sp³-hybridized carbons (Fsp3) is 0. The predicted molar refractivity (Wildman–Crippen MR) is 61.8 cm³/mol. The lowest BCUT2D eigenvalue weighted by molar-refractivity contribution is 0.100. The van der Waals surface area contributed by atoms with Crippen LogP contribution in [0.15, 0.2) is 53.4 Å². The molecule has 0 N–H and O–H groups in total. The third-order valence-corrected chi connectivity index (χ3v) is 2.79. The van der Waals surface area contributed by atoms with Crippen molar-refractivity contribution < 1.29 is 14.0 Å². The molecule has 17 heavy (non-hydrogen) atoms. The summed E-state index contributed by atoms with van der Waals surface area (Å²) in [5.74, 6) is -0.280. The SMILES string of the molecule is O=C1C=C(c2ccoc2)C(=O)c2ccccc21. The zero-order chi connectivity index (χ0) is 11.8. The summed E-state index contributed by atoms with van der Waals surface area (Å²) < 4.78 is 4.93. The largest absolute Gasteiger partial charge is 0.472 e. The second-order valence-electron chi connectivity index (χ2n) is 3.81. The van der Waals surface area contributed by atoms with E-state index in [4.69, 9.17) is 4.42 Å². The second kappa shape index (κ2) is 3.56. The fourth-order valence-corrected chi connectivity index (χ4v) is 1.95. The first-order valence-corrected chi connectivity index (χ1v) is 5.20. The van der Waals surface area contributed by atoms with Crippen LogP contribution in [-0.4, -0.2) is 11.6 Å². The maximum absolute atomic E-state index is 12.2. The molecule has 3 heteroatoms. The Labute approximate surface area is 97.4 Å². The summed E-state index contributed by atoms with van der Waals surface area (Å²) in [6.45, 7) is 0. The summed E-state index contributed by atoms with van der Waals surface area (Å²) in [6.07, 6.45) is 4.31. The molecule has 0 saturated carbocycles. The van der Waals surface area contributed by atoms with Crippen LogP contribution in [0, 0.1) is 0 Å². The molecule has 1 aromatic carbocycles. The molecule has 1 aliphatic carbocycles. The number of furan rings is 1. The van der Waals surface area contributed by atoms with E-state index >= 15 is 0 Å². The van der Waals surface area contributed by atoms with Crippen molar-refractivity contribution in [3.8, 4) is 0 Å². The molecule has 3 nitrogen and oxygen atoms in total. The van der Waals surface area contributed by atoms with Crippen LogP contribution < -0.4 is 0 Å². The van der Waals surface area contributed by atoms with Crippen LogP contribution in [0.25, 0.3) is 5.57 Å². The van der Waals surface area contributed by atoms with Crippen LogP contribution in [0.2, 0.25) is 0 Å². The molecule has 0 radical (unpaired) electrons. The zero-order valence-corrected chi connectivity index (χ0v) is 8.84. The number of benzene rings is 1. The van der Waals surface area contributed by atoms with Crippen molar-refractivity contribution >= 4 is 17.1 Å². The standard InChI is InChI=1S/C14H8O3/c15-13-7-12(9-5-6-17-8-9)14(16)11-4-2-1-3-10(11)13/h1-8H. The number of Topliss-reactive ketones (excluding diaryl/α,β-unsaturated/α-hetero) is 1. The molecule has 0 atom stereocenters. The van der Waals surface area contributed by atoms with Gasteiger partial charge in [0.05, 0.1) is 12.5 Å². The van der Waals surface area contributed by atoms with Crippen LogP contribution in [0.4, 0.5) is 0 Å². The Balaban J connectivity index is 2.18. The third-order valence-electron chi connectivity index (χ3n) is 2.79. The van der Waals surface area contributed by atoms with Gasteiger partial charge in [-0.1, -0.05) is 24.3 Å². The lowest BCUT2D eigenvalue weighted by atomic mass is 9.87. The highest BCUT2D eigenvalue weighted by Gasteiger charge is 2.26. The van der Waals surface area contributed by atoms with Gasteiger partial charge in [0.25, 0.3) is 0 Å². The average Bonchev–Trinajstić information content (AvgIpc) is 2.87. The smallest absolute Gasteiger partial charge is 0.194 e. The van der Waals surface area contributed by atoms with Crippen molar-refractivity contribution in [2.45, 2.75) is 0 Å². The Morgan fingerprint density at radius 3 is 2.41 bits per heavy atom. The molecular weight excluding hydrogens is 216 g/mol. The minimum absolute atomic E-state index is 0.137. The van der Waals surface area contributed by atoms with E-state index in [1.54, 1.807) is 30.3 Å². The molecule has 3 rings (SSSR count). The Hall–Kier alpha value is -2.42. The lowest BCUT2D eigenvalue weighted by Gasteiger charge is -2.13. The summed E-state index contributed by atoms with van der Waals surface area (Å²) >= 11 is 0. The highest BCUT2D eigenvalue weighted by atomic mass is 16.3. The molecule has 0 saturated heterocycles. The van der Waals surface area contributed by atoms with E-state index < -0.39 is 0 Å². The number of ketones is 2. The topological polar surface area (TPSA) is 47.3 Å². The molecule has 2 aromatic rings. The van der Waals surface area contributed by atoms with Gasteiger partial charge in [-0.05, 0) is 12.1 Å². The van der Waals surface area contributed by atoms with E-state index in [9.17, 15) is 9.59 Å². The van der Waals surface area contributed by atoms with Gasteiger partial charge in [-0.3, -0.25) is 9.59 Å². The van der Waals surface area contributed by atoms with Crippen LogP contribution >= 0.6 is 0 Å². The van der Waals surface area contributed by atoms with Gasteiger partial charge in [0.1, 0.15) is 0 Å². The molecule has 0 aliphatic heterocycles. The van der Waals surface area contributed by atoms with E-state index in [1.165, 1.54) is 18.6 Å². The molecule has 82 valence electrons. The van der Waals surface area contributed by atoms with E-state index in [-0.39, 0.29) is 11.6 Å². The van der Waals surface area contributed by atoms with E-state index in [0.717, 1.165) is 0 Å². The predicted octanol–water partition coefficient (Wildman–Crippen LogP) is 2.74. The third kappa shape index (κ3) is 1.44. The molecule has 0 fully saturated rings. The number of rotatable bonds is 1. The van der Waals surface area contributed by atoms with Crippen LogP contribution in [-0.2, 0) is 0 Å². The van der Waals surface area contributed by atoms with Crippen molar-refractivity contribution in [1.29, 1.82) is 0 Å². The summed E-state index contributed by atoms with van der Waals surface area (Å²) in [5.41, 5.74) is 1.95. The second-order valence-corrected chi connectivity index (χ2v) is 3.81. The summed E-state index contributed by atoms with van der Waals surface area (Å²) in [4.78, 5) is 24.1. The van der Waals surface area contributed by atoms with E-state index in [0.29, 0.717) is 22.3 Å². The van der Waals surface area contributed by atoms with Crippen LogP contribution in [0.3, 0.4) is 0 Å². The number of hydrogen-bond donors (Lipinski definition) is 0. The van der Waals surface area contributed by atoms with Crippen molar-refractivity contribution in [2.24, 2.45) is 0 Å². The molecule has 1 aromatic heterocycles. The van der Waals surface area contributed by atoms with Gasteiger partial charge in [0.2, 0.25) is 0 Å². The highest BCUT2D eigenvalue weighted by molar-refractivity contribution is 6.38. The molecule has 1 aliphatic rings. The van der Waals surface area contributed by atoms with Crippen LogP contribution in [0.5, 0.6) is 0 Å². The Bertz CT molecular complexity index is 633. The normalized spacial score (nSPS) is 14.5. The van der Waals surface area contributed by atoms with Gasteiger partial charge in [-0.2, -0.15) is 0 Å². The Kier molecular flexibility index (Phi) is 2.05. The van der Waals surface area contributed by atoms with E-state index in [1.807, 2.05) is 0 Å². The molecule has 0 amide bonds. The quantitative estimate of drug-likeness (QED) is 0.748. The lowest BCUT2D eigenvalue weighted by Crippen LogP contribution is -2.15. The summed E-state index contributed by atoms with van der Waals surface area (Å²) in [5, 5.41) is 0. The minimum Gasteiger partial charge on any atom is -0.472 e. The fourth-order valence-electron chi connectivity index (χ4n) is 1.95. The van der Waals surface area contributed by atoms with Crippen molar-refractivity contribution in [2.75, 3.05) is 0 Å². The van der Waals surface area contributed by atoms with Crippen molar-refractivity contribution in [3.63, 3.8) is 0 Å². The summed E-state index contributed by atoms with van der Waals surface area (Å²) in [7, 11) is 0. The molecule has 0 spiro atoms. The molecule has 0 bridgehead atoms. The Morgan fingerprint density at radius 2 is 1.71 bits per heavy atom. The highest BCUT2D eigenvalue weighted by Crippen LogP contribution is 2.27. The maximum atomic E-state index is 12.2. The first-order chi connectivity index (χ1) is 8.27. The van der Waals surface area contributed by atoms with Crippen molar-refractivity contribution in [3.05, 3.63) is 65.6 Å². The molecule has 0 unspecified atom stereocenters. The Morgan fingerprint density at radius 1 is 0.941 bits per heavy atom. The zero-order valence-electron chi connectivity index (χ0n) is 8.84. The number of hydrogen-bond acceptors (Lipinski definition) is 3. The van der Waals surface area contributed by atoms with Gasteiger partial charge in [0, 0.05) is 22.3 Å². The van der Waals surface area contributed by atoms with Gasteiger partial charge in [0.15, 0.2) is 11.6 Å². The van der Waals surface area contributed by atoms with Gasteiger partial charge in [-0.25, -0.2) is 0 Å². The molecular formula is C14H8O3.